The van der Waals surface area contributed by atoms with Crippen LogP contribution >= 0.6 is 0 Å². The molecule has 0 radical (unpaired) electrons. The van der Waals surface area contributed by atoms with E-state index in [1.54, 1.807) is 0 Å². The first-order chi connectivity index (χ1) is 17.2. The molecule has 3 aromatic rings. The molecule has 0 spiro atoms. The van der Waals surface area contributed by atoms with Crippen molar-refractivity contribution in [3.05, 3.63) is 98.1 Å². The zero-order chi connectivity index (χ0) is 26.2. The van der Waals surface area contributed by atoms with Crippen LogP contribution in [0.4, 0.5) is 22.7 Å². The summed E-state index contributed by atoms with van der Waals surface area (Å²) >= 11 is 0. The second-order valence-corrected chi connectivity index (χ2v) is 7.51. The number of non-ortho nitro benzene ring substituents is 1. The molecule has 1 unspecified atom stereocenters. The van der Waals surface area contributed by atoms with Crippen LogP contribution in [0.1, 0.15) is 22.8 Å². The van der Waals surface area contributed by atoms with E-state index in [1.165, 1.54) is 38.3 Å². The van der Waals surface area contributed by atoms with Crippen molar-refractivity contribution in [2.75, 3.05) is 17.7 Å². The molecule has 1 amide bonds. The summed E-state index contributed by atoms with van der Waals surface area (Å²) in [5, 5.41) is 28.0. The molecular weight excluding hydrogens is 472 g/mol. The predicted octanol–water partition coefficient (Wildman–Crippen LogP) is 4.31. The summed E-state index contributed by atoms with van der Waals surface area (Å²) in [5.74, 6) is -1.57. The number of nitrogens with zero attached hydrogens (tertiary/aromatic N) is 2. The standard InChI is InChI=1S/C24H22N4O8/c1-15(23(29)26-20-13-18(27(31)32)9-11-22(20)35-2)36-24(30)17-8-10-19(21(12-17)28(33)34)25-14-16-6-4-3-5-7-16/h3-13,15,25H,14H2,1-2H3,(H,26,29). The normalized spacial score (nSPS) is 11.2. The number of amides is 1. The number of hydrogen-bond donors (Lipinski definition) is 2. The maximum atomic E-state index is 12.6. The van der Waals surface area contributed by atoms with Gasteiger partial charge in [0.25, 0.3) is 17.3 Å². The first-order valence-corrected chi connectivity index (χ1v) is 10.6. The van der Waals surface area contributed by atoms with Crippen LogP contribution in [0.2, 0.25) is 0 Å². The first-order valence-electron chi connectivity index (χ1n) is 10.6. The summed E-state index contributed by atoms with van der Waals surface area (Å²) < 4.78 is 10.2. The van der Waals surface area contributed by atoms with Gasteiger partial charge < -0.3 is 20.1 Å². The summed E-state index contributed by atoms with van der Waals surface area (Å²) in [6, 6.07) is 16.7. The van der Waals surface area contributed by atoms with Crippen molar-refractivity contribution in [2.24, 2.45) is 0 Å². The minimum Gasteiger partial charge on any atom is -0.495 e. The Morgan fingerprint density at radius 1 is 0.944 bits per heavy atom. The van der Waals surface area contributed by atoms with Gasteiger partial charge in [0.1, 0.15) is 11.4 Å². The van der Waals surface area contributed by atoms with Gasteiger partial charge in [-0.1, -0.05) is 30.3 Å². The molecule has 1 atom stereocenters. The Labute approximate surface area is 205 Å². The van der Waals surface area contributed by atoms with Crippen molar-refractivity contribution in [2.45, 2.75) is 19.6 Å². The van der Waals surface area contributed by atoms with Gasteiger partial charge >= 0.3 is 5.97 Å². The second-order valence-electron chi connectivity index (χ2n) is 7.51. The number of rotatable bonds is 10. The summed E-state index contributed by atoms with van der Waals surface area (Å²) in [6.45, 7) is 1.63. The number of hydrogen-bond acceptors (Lipinski definition) is 9. The number of benzene rings is 3. The number of carbonyl (C=O) groups is 2. The average Bonchev–Trinajstić information content (AvgIpc) is 2.87. The Kier molecular flexibility index (Phi) is 8.13. The lowest BCUT2D eigenvalue weighted by Gasteiger charge is -2.15. The fraction of sp³-hybridized carbons (Fsp3) is 0.167. The third-order valence-corrected chi connectivity index (χ3v) is 5.06. The van der Waals surface area contributed by atoms with Crippen LogP contribution < -0.4 is 15.4 Å². The highest BCUT2D eigenvalue weighted by atomic mass is 16.6. The van der Waals surface area contributed by atoms with E-state index >= 15 is 0 Å². The van der Waals surface area contributed by atoms with E-state index in [1.807, 2.05) is 30.3 Å². The average molecular weight is 494 g/mol. The number of ether oxygens (including phenoxy) is 2. The molecule has 12 heteroatoms. The quantitative estimate of drug-likeness (QED) is 0.237. The van der Waals surface area contributed by atoms with Crippen LogP contribution in [0.5, 0.6) is 5.75 Å². The van der Waals surface area contributed by atoms with E-state index in [0.29, 0.717) is 6.54 Å². The zero-order valence-electron chi connectivity index (χ0n) is 19.3. The molecule has 0 aliphatic heterocycles. The third kappa shape index (κ3) is 6.32. The SMILES string of the molecule is COc1ccc([N+](=O)[O-])cc1NC(=O)C(C)OC(=O)c1ccc(NCc2ccccc2)c([N+](=O)[O-])c1. The van der Waals surface area contributed by atoms with Crippen molar-refractivity contribution in [3.8, 4) is 5.75 Å². The Bertz CT molecular complexity index is 1300. The smallest absolute Gasteiger partial charge is 0.339 e. The molecule has 0 saturated heterocycles. The molecule has 0 fully saturated rings. The highest BCUT2D eigenvalue weighted by Gasteiger charge is 2.24. The fourth-order valence-electron chi connectivity index (χ4n) is 3.18. The number of nitrogens with one attached hydrogen (secondary N) is 2. The molecule has 2 N–H and O–H groups in total. The van der Waals surface area contributed by atoms with Gasteiger partial charge in [0.05, 0.1) is 28.2 Å². The summed E-state index contributed by atoms with van der Waals surface area (Å²) in [7, 11) is 1.32. The van der Waals surface area contributed by atoms with Crippen LogP contribution in [0.25, 0.3) is 0 Å². The molecule has 0 aliphatic rings. The van der Waals surface area contributed by atoms with Crippen molar-refractivity contribution >= 4 is 34.6 Å². The van der Waals surface area contributed by atoms with E-state index in [9.17, 15) is 29.8 Å². The minimum absolute atomic E-state index is 0.0177. The van der Waals surface area contributed by atoms with Crippen molar-refractivity contribution in [1.29, 1.82) is 0 Å². The molecule has 3 rings (SSSR count). The number of nitro benzene ring substituents is 2. The van der Waals surface area contributed by atoms with Gasteiger partial charge in [-0.05, 0) is 30.7 Å². The maximum Gasteiger partial charge on any atom is 0.339 e. The van der Waals surface area contributed by atoms with Crippen LogP contribution in [0.15, 0.2) is 66.7 Å². The lowest BCUT2D eigenvalue weighted by Crippen LogP contribution is -2.30. The van der Waals surface area contributed by atoms with Gasteiger partial charge in [0.2, 0.25) is 0 Å². The van der Waals surface area contributed by atoms with E-state index in [2.05, 4.69) is 10.6 Å². The Morgan fingerprint density at radius 3 is 2.31 bits per heavy atom. The maximum absolute atomic E-state index is 12.6. The van der Waals surface area contributed by atoms with Crippen molar-refractivity contribution in [3.63, 3.8) is 0 Å². The van der Waals surface area contributed by atoms with Gasteiger partial charge in [0, 0.05) is 24.7 Å². The van der Waals surface area contributed by atoms with Crippen LogP contribution in [-0.2, 0) is 16.1 Å². The number of carbonyl (C=O) groups excluding carboxylic acids is 2. The van der Waals surface area contributed by atoms with E-state index in [0.717, 1.165) is 17.7 Å². The van der Waals surface area contributed by atoms with Gasteiger partial charge in [-0.3, -0.25) is 25.0 Å². The van der Waals surface area contributed by atoms with Crippen LogP contribution in [0, 0.1) is 20.2 Å². The number of esters is 1. The Hall–Kier alpha value is -5.00. The molecule has 0 heterocycles. The fourth-order valence-corrected chi connectivity index (χ4v) is 3.18. The Balaban J connectivity index is 1.70. The number of nitro groups is 2. The molecule has 0 bridgehead atoms. The van der Waals surface area contributed by atoms with Gasteiger partial charge in [-0.2, -0.15) is 0 Å². The number of methoxy groups -OCH3 is 1. The third-order valence-electron chi connectivity index (χ3n) is 5.06. The topological polar surface area (TPSA) is 163 Å². The zero-order valence-corrected chi connectivity index (χ0v) is 19.3. The molecule has 0 saturated carbocycles. The molecule has 0 aliphatic carbocycles. The first kappa shape index (κ1) is 25.6. The van der Waals surface area contributed by atoms with Crippen LogP contribution in [-0.4, -0.2) is 34.9 Å². The number of anilines is 2. The monoisotopic (exact) mass is 494 g/mol. The van der Waals surface area contributed by atoms with E-state index in [4.69, 9.17) is 9.47 Å². The largest absolute Gasteiger partial charge is 0.495 e. The van der Waals surface area contributed by atoms with E-state index in [-0.39, 0.29) is 34.1 Å². The predicted molar refractivity (Wildman–Crippen MR) is 130 cm³/mol. The van der Waals surface area contributed by atoms with Gasteiger partial charge in [-0.15, -0.1) is 0 Å². The summed E-state index contributed by atoms with van der Waals surface area (Å²) in [6.07, 6.45) is -1.32. The highest BCUT2D eigenvalue weighted by Crippen LogP contribution is 2.29. The second kappa shape index (κ2) is 11.4. The molecule has 12 nitrogen and oxygen atoms in total. The summed E-state index contributed by atoms with van der Waals surface area (Å²) in [5.41, 5.74) is 0.408. The van der Waals surface area contributed by atoms with Gasteiger partial charge in [0.15, 0.2) is 6.10 Å². The molecule has 3 aromatic carbocycles. The Morgan fingerprint density at radius 2 is 1.67 bits per heavy atom. The lowest BCUT2D eigenvalue weighted by molar-refractivity contribution is -0.384. The van der Waals surface area contributed by atoms with Crippen LogP contribution in [0.3, 0.4) is 0 Å². The summed E-state index contributed by atoms with van der Waals surface area (Å²) in [4.78, 5) is 46.4. The molecule has 0 aromatic heterocycles. The van der Waals surface area contributed by atoms with E-state index < -0.39 is 27.8 Å². The van der Waals surface area contributed by atoms with Crippen molar-refractivity contribution < 1.29 is 28.9 Å². The van der Waals surface area contributed by atoms with Crippen molar-refractivity contribution in [1.82, 2.24) is 0 Å². The minimum atomic E-state index is -1.32. The highest BCUT2D eigenvalue weighted by molar-refractivity contribution is 5.98. The molecular formula is C24H22N4O8. The van der Waals surface area contributed by atoms with Gasteiger partial charge in [-0.25, -0.2) is 4.79 Å². The molecule has 36 heavy (non-hydrogen) atoms. The lowest BCUT2D eigenvalue weighted by atomic mass is 10.1. The molecule has 186 valence electrons.